The third-order valence-corrected chi connectivity index (χ3v) is 0.554. The maximum atomic E-state index is 10.1. The van der Waals surface area contributed by atoms with E-state index in [2.05, 4.69) is 10.3 Å². The van der Waals surface area contributed by atoms with Crippen molar-refractivity contribution in [2.75, 3.05) is 0 Å². The molecule has 0 saturated carbocycles. The van der Waals surface area contributed by atoms with Crippen LogP contribution in [0.15, 0.2) is 24.3 Å². The van der Waals surface area contributed by atoms with Crippen molar-refractivity contribution < 1.29 is 9.94 Å². The van der Waals surface area contributed by atoms with E-state index >= 15 is 0 Å². The minimum atomic E-state index is -0.220. The average Bonchev–Trinajstić information content (AvgIpc) is 1.69. The van der Waals surface area contributed by atoms with Crippen LogP contribution in [-0.2, 0) is 9.94 Å². The molecule has 0 atom stereocenters. The Morgan fingerprint density at radius 3 is 2.86 bits per heavy atom. The highest BCUT2D eigenvalue weighted by Crippen LogP contribution is 1.90. The van der Waals surface area contributed by atoms with Crippen LogP contribution in [0.5, 0.6) is 0 Å². The van der Waals surface area contributed by atoms with Gasteiger partial charge in [0.2, 0.25) is 0 Å². The van der Waals surface area contributed by atoms with Crippen molar-refractivity contribution in [1.82, 2.24) is 5.48 Å². The Bertz CT molecular complexity index is 117. The maximum absolute atomic E-state index is 10.1. The van der Waals surface area contributed by atoms with Crippen molar-refractivity contribution in [2.45, 2.75) is 0 Å². The minimum absolute atomic E-state index is 0.220. The molecule has 0 bridgehead atoms. The highest BCUT2D eigenvalue weighted by atomic mass is 16.7. The predicted molar refractivity (Wildman–Crippen MR) is 22.1 cm³/mol. The molecule has 0 spiro atoms. The van der Waals surface area contributed by atoms with Gasteiger partial charge in [-0.25, -0.2) is 0 Å². The van der Waals surface area contributed by atoms with Crippen LogP contribution in [-0.4, -0.2) is 0 Å². The van der Waals surface area contributed by atoms with Gasteiger partial charge in [0.25, 0.3) is 5.88 Å². The first-order valence-electron chi connectivity index (χ1n) is 1.85. The van der Waals surface area contributed by atoms with Crippen LogP contribution in [0.25, 0.3) is 0 Å². The summed E-state index contributed by atoms with van der Waals surface area (Å²) in [6.45, 7) is 0. The number of rotatable bonds is 0. The number of hydroxylamine groups is 1. The zero-order valence-electron chi connectivity index (χ0n) is 3.55. The summed E-state index contributed by atoms with van der Waals surface area (Å²) in [6, 6.07) is 0. The van der Waals surface area contributed by atoms with Crippen LogP contribution in [0, 0.1) is 0 Å². The molecule has 0 amide bonds. The highest BCUT2D eigenvalue weighted by Gasteiger charge is 1.92. The lowest BCUT2D eigenvalue weighted by Gasteiger charge is -2.00. The van der Waals surface area contributed by atoms with Gasteiger partial charge in [-0.05, 0) is 6.08 Å². The second-order valence-electron chi connectivity index (χ2n) is 1.08. The number of hydrogen-bond donors (Lipinski definition) is 1. The molecule has 0 unspecified atom stereocenters. The molecule has 1 heterocycles. The standard InChI is InChI=1S/C4H4NO2/c6-4-2-1-3-7-5-4/h1-3,5H. The first kappa shape index (κ1) is 4.05. The van der Waals surface area contributed by atoms with Crippen molar-refractivity contribution in [1.29, 1.82) is 0 Å². The average molecular weight is 98.1 g/mol. The van der Waals surface area contributed by atoms with Crippen LogP contribution in [0.2, 0.25) is 0 Å². The van der Waals surface area contributed by atoms with Gasteiger partial charge >= 0.3 is 0 Å². The molecule has 1 N–H and O–H groups in total. The van der Waals surface area contributed by atoms with Gasteiger partial charge in [0.05, 0.1) is 0 Å². The fraction of sp³-hybridized carbons (Fsp3) is 0. The smallest absolute Gasteiger partial charge is 0.276 e. The first-order chi connectivity index (χ1) is 3.39. The number of nitrogens with one attached hydrogen (secondary N) is 1. The molecule has 37 valence electrons. The molecule has 0 aromatic carbocycles. The summed E-state index contributed by atoms with van der Waals surface area (Å²) in [4.78, 5) is 4.37. The monoisotopic (exact) mass is 98.0 g/mol. The van der Waals surface area contributed by atoms with Crippen molar-refractivity contribution >= 4 is 0 Å². The molecule has 0 aliphatic carbocycles. The van der Waals surface area contributed by atoms with Gasteiger partial charge in [-0.2, -0.15) is 5.48 Å². The Balaban J connectivity index is 2.57. The molecule has 1 aliphatic rings. The van der Waals surface area contributed by atoms with E-state index in [1.54, 1.807) is 0 Å². The van der Waals surface area contributed by atoms with Crippen molar-refractivity contribution in [3.8, 4) is 0 Å². The molecular formula is C4H4NO2. The Hall–Kier alpha value is -1.12. The lowest BCUT2D eigenvalue weighted by atomic mass is 10.5. The SMILES string of the molecule is [O]C1=CC=CON1. The minimum Gasteiger partial charge on any atom is -0.387 e. The van der Waals surface area contributed by atoms with E-state index in [-0.39, 0.29) is 5.88 Å². The highest BCUT2D eigenvalue weighted by molar-refractivity contribution is 5.04. The lowest BCUT2D eigenvalue weighted by Crippen LogP contribution is -2.10. The molecule has 0 aromatic heterocycles. The fourth-order valence-corrected chi connectivity index (χ4v) is 0.292. The summed E-state index contributed by atoms with van der Waals surface area (Å²) >= 11 is 0. The van der Waals surface area contributed by atoms with Crippen molar-refractivity contribution in [3.63, 3.8) is 0 Å². The summed E-state index contributed by atoms with van der Waals surface area (Å²) in [5, 5.41) is 10.1. The molecule has 3 heteroatoms. The van der Waals surface area contributed by atoms with E-state index < -0.39 is 0 Å². The second kappa shape index (κ2) is 1.55. The van der Waals surface area contributed by atoms with E-state index in [0.717, 1.165) is 0 Å². The number of hydrogen-bond acceptors (Lipinski definition) is 2. The fourth-order valence-electron chi connectivity index (χ4n) is 0.292. The largest absolute Gasteiger partial charge is 0.387 e. The summed E-state index contributed by atoms with van der Waals surface area (Å²) in [5.41, 5.74) is 2.10. The van der Waals surface area contributed by atoms with Gasteiger partial charge in [0.1, 0.15) is 6.26 Å². The molecule has 1 rings (SSSR count). The van der Waals surface area contributed by atoms with Gasteiger partial charge in [-0.1, -0.05) is 0 Å². The summed E-state index contributed by atoms with van der Waals surface area (Å²) < 4.78 is 0. The molecule has 7 heavy (non-hydrogen) atoms. The van der Waals surface area contributed by atoms with Gasteiger partial charge < -0.3 is 4.84 Å². The summed E-state index contributed by atoms with van der Waals surface area (Å²) in [5.74, 6) is -0.220. The Morgan fingerprint density at radius 2 is 2.57 bits per heavy atom. The van der Waals surface area contributed by atoms with Crippen LogP contribution < -0.4 is 5.48 Å². The van der Waals surface area contributed by atoms with Crippen molar-refractivity contribution in [2.24, 2.45) is 0 Å². The van der Waals surface area contributed by atoms with Crippen LogP contribution in [0.1, 0.15) is 0 Å². The molecule has 0 aromatic rings. The Kier molecular flexibility index (Phi) is 0.898. The van der Waals surface area contributed by atoms with Gasteiger partial charge in [-0.3, -0.25) is 5.11 Å². The van der Waals surface area contributed by atoms with Gasteiger partial charge in [0, 0.05) is 6.08 Å². The molecule has 0 fully saturated rings. The zero-order valence-corrected chi connectivity index (χ0v) is 3.55. The lowest BCUT2D eigenvalue weighted by molar-refractivity contribution is 0.0852. The molecule has 0 saturated heterocycles. The van der Waals surface area contributed by atoms with E-state index in [1.165, 1.54) is 18.4 Å². The topological polar surface area (TPSA) is 41.2 Å². The van der Waals surface area contributed by atoms with E-state index in [1.807, 2.05) is 0 Å². The maximum Gasteiger partial charge on any atom is 0.276 e. The Morgan fingerprint density at radius 1 is 1.71 bits per heavy atom. The van der Waals surface area contributed by atoms with E-state index in [0.29, 0.717) is 0 Å². The number of allylic oxidation sites excluding steroid dienone is 2. The Labute approximate surface area is 40.9 Å². The van der Waals surface area contributed by atoms with Crippen LogP contribution in [0.4, 0.5) is 0 Å². The molecule has 1 aliphatic heterocycles. The van der Waals surface area contributed by atoms with E-state index in [4.69, 9.17) is 0 Å². The molecule has 3 nitrogen and oxygen atoms in total. The van der Waals surface area contributed by atoms with Gasteiger partial charge in [-0.15, -0.1) is 0 Å². The summed E-state index contributed by atoms with van der Waals surface area (Å²) in [7, 11) is 0. The molecule has 1 radical (unpaired) electrons. The molecular weight excluding hydrogens is 94.0 g/mol. The van der Waals surface area contributed by atoms with Crippen molar-refractivity contribution in [3.05, 3.63) is 24.3 Å². The van der Waals surface area contributed by atoms with Crippen LogP contribution in [0.3, 0.4) is 0 Å². The van der Waals surface area contributed by atoms with Crippen LogP contribution >= 0.6 is 0 Å². The quantitative estimate of drug-likeness (QED) is 0.473. The van der Waals surface area contributed by atoms with Gasteiger partial charge in [0.15, 0.2) is 0 Å². The first-order valence-corrected chi connectivity index (χ1v) is 1.85. The second-order valence-corrected chi connectivity index (χ2v) is 1.08. The third kappa shape index (κ3) is 0.855. The third-order valence-electron chi connectivity index (χ3n) is 0.554. The van der Waals surface area contributed by atoms with E-state index in [9.17, 15) is 5.11 Å². The predicted octanol–water partition coefficient (Wildman–Crippen LogP) is 0.307. The zero-order chi connectivity index (χ0) is 5.11. The normalized spacial score (nSPS) is 16.9. The summed E-state index contributed by atoms with van der Waals surface area (Å²) in [6.07, 6.45) is 4.30.